The summed E-state index contributed by atoms with van der Waals surface area (Å²) in [5, 5.41) is 5.03. The number of benzene rings is 2. The van der Waals surface area contributed by atoms with Crippen molar-refractivity contribution in [1.82, 2.24) is 5.32 Å². The molecule has 2 amide bonds. The predicted octanol–water partition coefficient (Wildman–Crippen LogP) is 2.19. The van der Waals surface area contributed by atoms with E-state index in [1.807, 2.05) is 0 Å². The lowest BCUT2D eigenvalue weighted by molar-refractivity contribution is -0.147. The first-order chi connectivity index (χ1) is 13.0. The topological polar surface area (TPSA) is 102 Å². The highest BCUT2D eigenvalue weighted by molar-refractivity contribution is 5.98. The number of hydrogen-bond acceptors (Lipinski definition) is 5. The molecular weight excluding hydrogens is 348 g/mol. The van der Waals surface area contributed by atoms with Crippen LogP contribution in [0.5, 0.6) is 0 Å². The van der Waals surface area contributed by atoms with Gasteiger partial charge in [0.05, 0.1) is 6.42 Å². The SMILES string of the molecule is CNC(=O)c1cccc(NC(=O)COC(=O)CCC(=O)c2ccccc2)c1. The van der Waals surface area contributed by atoms with Crippen LogP contribution < -0.4 is 10.6 Å². The fraction of sp³-hybridized carbons (Fsp3) is 0.200. The van der Waals surface area contributed by atoms with Gasteiger partial charge in [-0.15, -0.1) is 0 Å². The molecule has 0 aliphatic carbocycles. The fourth-order valence-electron chi connectivity index (χ4n) is 2.28. The average molecular weight is 368 g/mol. The Balaban J connectivity index is 1.76. The van der Waals surface area contributed by atoms with Gasteiger partial charge in [0, 0.05) is 30.3 Å². The second kappa shape index (κ2) is 9.86. The van der Waals surface area contributed by atoms with Crippen molar-refractivity contribution in [3.63, 3.8) is 0 Å². The monoisotopic (exact) mass is 368 g/mol. The zero-order valence-corrected chi connectivity index (χ0v) is 14.9. The van der Waals surface area contributed by atoms with Crippen molar-refractivity contribution in [1.29, 1.82) is 0 Å². The summed E-state index contributed by atoms with van der Waals surface area (Å²) >= 11 is 0. The summed E-state index contributed by atoms with van der Waals surface area (Å²) in [5.41, 5.74) is 1.34. The standard InChI is InChI=1S/C20H20N2O5/c1-21-20(26)15-8-5-9-16(12-15)22-18(24)13-27-19(25)11-10-17(23)14-6-3-2-4-7-14/h2-9,12H,10-11,13H2,1H3,(H,21,26)(H,22,24). The molecule has 2 aromatic carbocycles. The number of nitrogens with one attached hydrogen (secondary N) is 2. The second-order valence-electron chi connectivity index (χ2n) is 5.66. The number of hydrogen-bond donors (Lipinski definition) is 2. The largest absolute Gasteiger partial charge is 0.456 e. The van der Waals surface area contributed by atoms with Gasteiger partial charge >= 0.3 is 5.97 Å². The quantitative estimate of drug-likeness (QED) is 0.549. The zero-order chi connectivity index (χ0) is 19.6. The van der Waals surface area contributed by atoms with E-state index in [0.717, 1.165) is 0 Å². The maximum absolute atomic E-state index is 11.9. The molecule has 0 atom stereocenters. The van der Waals surface area contributed by atoms with E-state index < -0.39 is 18.5 Å². The normalized spacial score (nSPS) is 9.96. The molecule has 0 aliphatic rings. The first-order valence-electron chi connectivity index (χ1n) is 8.35. The van der Waals surface area contributed by atoms with Gasteiger partial charge in [-0.25, -0.2) is 0 Å². The fourth-order valence-corrected chi connectivity index (χ4v) is 2.28. The molecule has 0 heterocycles. The van der Waals surface area contributed by atoms with E-state index in [1.54, 1.807) is 48.5 Å². The van der Waals surface area contributed by atoms with Gasteiger partial charge < -0.3 is 15.4 Å². The average Bonchev–Trinajstić information content (AvgIpc) is 2.70. The number of amides is 2. The lowest BCUT2D eigenvalue weighted by atomic mass is 10.1. The number of Topliss-reactive ketones (excluding diaryl/α,β-unsaturated/α-hetero) is 1. The van der Waals surface area contributed by atoms with Gasteiger partial charge in [-0.2, -0.15) is 0 Å². The van der Waals surface area contributed by atoms with Crippen molar-refractivity contribution in [2.24, 2.45) is 0 Å². The second-order valence-corrected chi connectivity index (χ2v) is 5.66. The number of esters is 1. The molecule has 0 radical (unpaired) electrons. The lowest BCUT2D eigenvalue weighted by Gasteiger charge is -2.08. The molecule has 2 aromatic rings. The molecule has 0 fully saturated rings. The summed E-state index contributed by atoms with van der Waals surface area (Å²) in [5.74, 6) is -1.61. The Hall–Kier alpha value is -3.48. The summed E-state index contributed by atoms with van der Waals surface area (Å²) in [6.07, 6.45) is -0.0915. The Bertz CT molecular complexity index is 833. The molecule has 2 rings (SSSR count). The minimum absolute atomic E-state index is 0.0125. The van der Waals surface area contributed by atoms with E-state index in [9.17, 15) is 19.2 Å². The van der Waals surface area contributed by atoms with Crippen molar-refractivity contribution in [2.45, 2.75) is 12.8 Å². The number of rotatable bonds is 8. The molecule has 0 aliphatic heterocycles. The highest BCUT2D eigenvalue weighted by Crippen LogP contribution is 2.11. The van der Waals surface area contributed by atoms with Crippen molar-refractivity contribution < 1.29 is 23.9 Å². The molecule has 0 bridgehead atoms. The van der Waals surface area contributed by atoms with Gasteiger partial charge in [-0.05, 0) is 18.2 Å². The van der Waals surface area contributed by atoms with Crippen LogP contribution in [0, 0.1) is 0 Å². The van der Waals surface area contributed by atoms with Crippen molar-refractivity contribution in [3.8, 4) is 0 Å². The maximum Gasteiger partial charge on any atom is 0.306 e. The van der Waals surface area contributed by atoms with Crippen molar-refractivity contribution in [2.75, 3.05) is 19.0 Å². The van der Waals surface area contributed by atoms with Gasteiger partial charge in [0.25, 0.3) is 11.8 Å². The summed E-state index contributed by atoms with van der Waals surface area (Å²) in [6.45, 7) is -0.470. The number of carbonyl (C=O) groups excluding carboxylic acids is 4. The third kappa shape index (κ3) is 6.39. The summed E-state index contributed by atoms with van der Waals surface area (Å²) < 4.78 is 4.88. The number of ether oxygens (including phenoxy) is 1. The van der Waals surface area contributed by atoms with Gasteiger partial charge in [0.15, 0.2) is 12.4 Å². The van der Waals surface area contributed by atoms with Crippen LogP contribution in [0.2, 0.25) is 0 Å². The number of carbonyl (C=O) groups is 4. The van der Waals surface area contributed by atoms with Gasteiger partial charge in [-0.3, -0.25) is 19.2 Å². The Kier molecular flexibility index (Phi) is 7.25. The molecule has 0 unspecified atom stereocenters. The molecule has 2 N–H and O–H groups in total. The van der Waals surface area contributed by atoms with Crippen molar-refractivity contribution in [3.05, 3.63) is 65.7 Å². The molecular formula is C20H20N2O5. The summed E-state index contributed by atoms with van der Waals surface area (Å²) in [6, 6.07) is 15.0. The van der Waals surface area contributed by atoms with Crippen LogP contribution in [0.15, 0.2) is 54.6 Å². The molecule has 27 heavy (non-hydrogen) atoms. The number of anilines is 1. The van der Waals surface area contributed by atoms with Crippen LogP contribution in [-0.2, 0) is 14.3 Å². The third-order valence-electron chi connectivity index (χ3n) is 3.65. The molecule has 140 valence electrons. The van der Waals surface area contributed by atoms with E-state index in [0.29, 0.717) is 16.8 Å². The number of ketones is 1. The van der Waals surface area contributed by atoms with E-state index in [4.69, 9.17) is 4.74 Å². The summed E-state index contributed by atoms with van der Waals surface area (Å²) in [7, 11) is 1.51. The molecule has 7 heteroatoms. The zero-order valence-electron chi connectivity index (χ0n) is 14.9. The minimum atomic E-state index is -0.631. The summed E-state index contributed by atoms with van der Waals surface area (Å²) in [4.78, 5) is 47.1. The lowest BCUT2D eigenvalue weighted by Crippen LogP contribution is -2.22. The van der Waals surface area contributed by atoms with Crippen LogP contribution in [0.1, 0.15) is 33.6 Å². The van der Waals surface area contributed by atoms with Crippen molar-refractivity contribution >= 4 is 29.3 Å². The minimum Gasteiger partial charge on any atom is -0.456 e. The maximum atomic E-state index is 11.9. The molecule has 7 nitrogen and oxygen atoms in total. The molecule has 0 saturated carbocycles. The Morgan fingerprint density at radius 1 is 0.889 bits per heavy atom. The van der Waals surface area contributed by atoms with Crippen LogP contribution >= 0.6 is 0 Å². The Labute approximate surface area is 156 Å². The predicted molar refractivity (Wildman–Crippen MR) is 99.4 cm³/mol. The van der Waals surface area contributed by atoms with E-state index in [2.05, 4.69) is 10.6 Å². The van der Waals surface area contributed by atoms with E-state index >= 15 is 0 Å². The Morgan fingerprint density at radius 3 is 2.30 bits per heavy atom. The van der Waals surface area contributed by atoms with E-state index in [-0.39, 0.29) is 24.5 Å². The van der Waals surface area contributed by atoms with Crippen LogP contribution in [-0.4, -0.2) is 37.2 Å². The van der Waals surface area contributed by atoms with Crippen LogP contribution in [0.4, 0.5) is 5.69 Å². The molecule has 0 spiro atoms. The third-order valence-corrected chi connectivity index (χ3v) is 3.65. The smallest absolute Gasteiger partial charge is 0.306 e. The van der Waals surface area contributed by atoms with Gasteiger partial charge in [-0.1, -0.05) is 36.4 Å². The van der Waals surface area contributed by atoms with E-state index in [1.165, 1.54) is 13.1 Å². The first-order valence-corrected chi connectivity index (χ1v) is 8.35. The highest BCUT2D eigenvalue weighted by Gasteiger charge is 2.12. The highest BCUT2D eigenvalue weighted by atomic mass is 16.5. The van der Waals surface area contributed by atoms with Crippen LogP contribution in [0.3, 0.4) is 0 Å². The van der Waals surface area contributed by atoms with Gasteiger partial charge in [0.1, 0.15) is 0 Å². The molecule has 0 saturated heterocycles. The molecule has 0 aromatic heterocycles. The van der Waals surface area contributed by atoms with Gasteiger partial charge in [0.2, 0.25) is 0 Å². The Morgan fingerprint density at radius 2 is 1.59 bits per heavy atom. The van der Waals surface area contributed by atoms with Crippen LogP contribution in [0.25, 0.3) is 0 Å². The first kappa shape index (κ1) is 19.8.